The number of hydrogen-bond donors (Lipinski definition) is 1. The van der Waals surface area contributed by atoms with Gasteiger partial charge in [0.1, 0.15) is 6.04 Å². The van der Waals surface area contributed by atoms with Gasteiger partial charge in [0.25, 0.3) is 0 Å². The van der Waals surface area contributed by atoms with Gasteiger partial charge in [-0.3, -0.25) is 4.79 Å². The van der Waals surface area contributed by atoms with Crippen LogP contribution in [-0.2, 0) is 11.2 Å². The summed E-state index contributed by atoms with van der Waals surface area (Å²) < 4.78 is 39.0. The molecule has 0 unspecified atom stereocenters. The number of benzene rings is 1. The summed E-state index contributed by atoms with van der Waals surface area (Å²) in [6.45, 7) is -0.0161. The van der Waals surface area contributed by atoms with E-state index in [9.17, 15) is 18.0 Å². The van der Waals surface area contributed by atoms with Gasteiger partial charge in [-0.25, -0.2) is 0 Å². The Morgan fingerprint density at radius 2 is 1.90 bits per heavy atom. The fourth-order valence-electron chi connectivity index (χ4n) is 2.65. The number of nitrogens with two attached hydrogens (primary N) is 1. The topological polar surface area (TPSA) is 46.3 Å². The van der Waals surface area contributed by atoms with Crippen LogP contribution in [0.1, 0.15) is 24.8 Å². The first-order chi connectivity index (χ1) is 9.88. The summed E-state index contributed by atoms with van der Waals surface area (Å²) in [5, 5.41) is 0. The molecule has 1 heterocycles. The third kappa shape index (κ3) is 4.20. The number of hydrogen-bond acceptors (Lipinski definition) is 2. The largest absolute Gasteiger partial charge is 0.408 e. The Morgan fingerprint density at radius 3 is 2.52 bits per heavy atom. The molecule has 0 aromatic heterocycles. The zero-order valence-electron chi connectivity index (χ0n) is 11.6. The molecule has 0 aliphatic carbocycles. The lowest BCUT2D eigenvalue weighted by molar-refractivity contribution is -0.196. The zero-order valence-corrected chi connectivity index (χ0v) is 11.6. The molecule has 2 atom stereocenters. The number of aryl methyl sites for hydroxylation is 1. The van der Waals surface area contributed by atoms with Gasteiger partial charge in [-0.05, 0) is 24.8 Å². The Labute approximate surface area is 121 Å². The van der Waals surface area contributed by atoms with Crippen LogP contribution in [0.4, 0.5) is 13.2 Å². The monoisotopic (exact) mass is 300 g/mol. The molecule has 1 aromatic carbocycles. The van der Waals surface area contributed by atoms with Crippen LogP contribution >= 0.6 is 0 Å². The maximum absolute atomic E-state index is 13.0. The van der Waals surface area contributed by atoms with Gasteiger partial charge in [0.2, 0.25) is 5.91 Å². The van der Waals surface area contributed by atoms with Crippen molar-refractivity contribution in [1.29, 1.82) is 0 Å². The summed E-state index contributed by atoms with van der Waals surface area (Å²) in [4.78, 5) is 13.1. The summed E-state index contributed by atoms with van der Waals surface area (Å²) in [5.41, 5.74) is 6.65. The van der Waals surface area contributed by atoms with Gasteiger partial charge < -0.3 is 10.6 Å². The Bertz CT molecular complexity index is 476. The molecule has 2 rings (SSSR count). The second-order valence-corrected chi connectivity index (χ2v) is 5.43. The van der Waals surface area contributed by atoms with Crippen LogP contribution < -0.4 is 5.73 Å². The molecule has 1 aliphatic rings. The molecule has 6 heteroatoms. The van der Waals surface area contributed by atoms with Gasteiger partial charge in [0.15, 0.2) is 0 Å². The van der Waals surface area contributed by atoms with Gasteiger partial charge in [0, 0.05) is 19.0 Å². The summed E-state index contributed by atoms with van der Waals surface area (Å²) in [6, 6.07) is 7.19. The average Bonchev–Trinajstić information content (AvgIpc) is 2.44. The maximum Gasteiger partial charge on any atom is 0.408 e. The van der Waals surface area contributed by atoms with E-state index in [2.05, 4.69) is 0 Å². The predicted octanol–water partition coefficient (Wildman–Crippen LogP) is 2.50. The molecule has 1 aromatic rings. The van der Waals surface area contributed by atoms with Crippen LogP contribution in [0.3, 0.4) is 0 Å². The third-order valence-corrected chi connectivity index (χ3v) is 3.79. The molecule has 116 valence electrons. The van der Waals surface area contributed by atoms with Crippen LogP contribution in [0.2, 0.25) is 0 Å². The molecular formula is C15H19F3N2O. The van der Waals surface area contributed by atoms with E-state index in [1.807, 2.05) is 30.3 Å². The van der Waals surface area contributed by atoms with Crippen molar-refractivity contribution in [2.75, 3.05) is 6.54 Å². The number of carbonyl (C=O) groups excluding carboxylic acids is 1. The summed E-state index contributed by atoms with van der Waals surface area (Å²) >= 11 is 0. The lowest BCUT2D eigenvalue weighted by Crippen LogP contribution is -2.56. The fraction of sp³-hybridized carbons (Fsp3) is 0.533. The van der Waals surface area contributed by atoms with E-state index in [0.717, 1.165) is 10.5 Å². The van der Waals surface area contributed by atoms with Gasteiger partial charge in [-0.2, -0.15) is 13.2 Å². The highest BCUT2D eigenvalue weighted by Gasteiger charge is 2.47. The van der Waals surface area contributed by atoms with E-state index in [0.29, 0.717) is 12.8 Å². The molecule has 0 spiro atoms. The van der Waals surface area contributed by atoms with Crippen LogP contribution in [-0.4, -0.2) is 35.6 Å². The first-order valence-corrected chi connectivity index (χ1v) is 7.03. The fourth-order valence-corrected chi connectivity index (χ4v) is 2.65. The second-order valence-electron chi connectivity index (χ2n) is 5.43. The standard InChI is InChI=1S/C15H19F3N2O/c16-15(17,18)13-8-7-12(19)10-20(13)14(21)9-6-11-4-2-1-3-5-11/h1-5,12-13H,6-10,19H2/t12-,13+/m0/s1. The first-order valence-electron chi connectivity index (χ1n) is 7.03. The van der Waals surface area contributed by atoms with E-state index in [-0.39, 0.29) is 25.4 Å². The molecule has 0 radical (unpaired) electrons. The van der Waals surface area contributed by atoms with E-state index < -0.39 is 18.1 Å². The van der Waals surface area contributed by atoms with E-state index in [1.54, 1.807) is 0 Å². The smallest absolute Gasteiger partial charge is 0.329 e. The highest BCUT2D eigenvalue weighted by Crippen LogP contribution is 2.32. The highest BCUT2D eigenvalue weighted by atomic mass is 19.4. The Hall–Kier alpha value is -1.56. The molecule has 1 amide bonds. The summed E-state index contributed by atoms with van der Waals surface area (Å²) in [7, 11) is 0. The number of carbonyl (C=O) groups is 1. The zero-order chi connectivity index (χ0) is 15.5. The van der Waals surface area contributed by atoms with Gasteiger partial charge >= 0.3 is 6.18 Å². The number of rotatable bonds is 3. The third-order valence-electron chi connectivity index (χ3n) is 3.79. The van der Waals surface area contributed by atoms with Crippen molar-refractivity contribution in [2.45, 2.75) is 43.9 Å². The minimum absolute atomic E-state index is 0.0161. The van der Waals surface area contributed by atoms with Crippen molar-refractivity contribution in [2.24, 2.45) is 5.73 Å². The number of likely N-dealkylation sites (tertiary alicyclic amines) is 1. The molecule has 1 aliphatic heterocycles. The minimum atomic E-state index is -4.39. The van der Waals surface area contributed by atoms with Gasteiger partial charge in [0.05, 0.1) is 0 Å². The lowest BCUT2D eigenvalue weighted by Gasteiger charge is -2.39. The molecule has 1 saturated heterocycles. The van der Waals surface area contributed by atoms with Crippen LogP contribution in [0.5, 0.6) is 0 Å². The molecule has 0 saturated carbocycles. The van der Waals surface area contributed by atoms with Gasteiger partial charge in [-0.1, -0.05) is 30.3 Å². The Balaban J connectivity index is 2.00. The Kier molecular flexibility index (Phi) is 4.88. The van der Waals surface area contributed by atoms with Crippen molar-refractivity contribution in [1.82, 2.24) is 4.90 Å². The molecule has 21 heavy (non-hydrogen) atoms. The second kappa shape index (κ2) is 6.47. The van der Waals surface area contributed by atoms with E-state index in [1.165, 1.54) is 0 Å². The van der Waals surface area contributed by atoms with Crippen LogP contribution in [0, 0.1) is 0 Å². The van der Waals surface area contributed by atoms with Crippen molar-refractivity contribution in [3.8, 4) is 0 Å². The number of amides is 1. The van der Waals surface area contributed by atoms with Crippen molar-refractivity contribution < 1.29 is 18.0 Å². The molecular weight excluding hydrogens is 281 g/mol. The summed E-state index contributed by atoms with van der Waals surface area (Å²) in [5.74, 6) is -0.476. The predicted molar refractivity (Wildman–Crippen MR) is 73.5 cm³/mol. The van der Waals surface area contributed by atoms with Crippen molar-refractivity contribution >= 4 is 5.91 Å². The van der Waals surface area contributed by atoms with Crippen molar-refractivity contribution in [3.63, 3.8) is 0 Å². The lowest BCUT2D eigenvalue weighted by atomic mass is 9.97. The number of piperidine rings is 1. The first kappa shape index (κ1) is 15.8. The average molecular weight is 300 g/mol. The number of nitrogens with zero attached hydrogens (tertiary/aromatic N) is 1. The minimum Gasteiger partial charge on any atom is -0.329 e. The quantitative estimate of drug-likeness (QED) is 0.932. The molecule has 0 bridgehead atoms. The normalized spacial score (nSPS) is 23.1. The maximum atomic E-state index is 13.0. The molecule has 3 nitrogen and oxygen atoms in total. The molecule has 1 fully saturated rings. The molecule has 2 N–H and O–H groups in total. The van der Waals surface area contributed by atoms with E-state index >= 15 is 0 Å². The van der Waals surface area contributed by atoms with Gasteiger partial charge in [-0.15, -0.1) is 0 Å². The van der Waals surface area contributed by atoms with E-state index in [4.69, 9.17) is 5.73 Å². The van der Waals surface area contributed by atoms with Crippen LogP contribution in [0.25, 0.3) is 0 Å². The van der Waals surface area contributed by atoms with Crippen LogP contribution in [0.15, 0.2) is 30.3 Å². The summed E-state index contributed by atoms with van der Waals surface area (Å²) in [6.07, 6.45) is -3.68. The number of alkyl halides is 3. The Morgan fingerprint density at radius 1 is 1.24 bits per heavy atom. The number of halogens is 3. The van der Waals surface area contributed by atoms with Crippen molar-refractivity contribution in [3.05, 3.63) is 35.9 Å². The SMILES string of the molecule is N[C@H]1CC[C@H](C(F)(F)F)N(C(=O)CCc2ccccc2)C1. The highest BCUT2D eigenvalue weighted by molar-refractivity contribution is 5.77.